The number of hydrogen-bond donors (Lipinski definition) is 0. The fourth-order valence-electron chi connectivity index (χ4n) is 3.97. The maximum atomic E-state index is 14.4. The number of benzene rings is 1. The van der Waals surface area contributed by atoms with Crippen LogP contribution in [0.1, 0.15) is 51.7 Å². The summed E-state index contributed by atoms with van der Waals surface area (Å²) in [7, 11) is 0. The summed E-state index contributed by atoms with van der Waals surface area (Å²) in [5, 5.41) is 0. The summed E-state index contributed by atoms with van der Waals surface area (Å²) >= 11 is 5.57. The van der Waals surface area contributed by atoms with E-state index < -0.39 is 43.0 Å². The van der Waals surface area contributed by atoms with Crippen molar-refractivity contribution in [3.8, 4) is 0 Å². The summed E-state index contributed by atoms with van der Waals surface area (Å²) in [6, 6.07) is 5.03. The summed E-state index contributed by atoms with van der Waals surface area (Å²) in [5.74, 6) is -0.871. The SMILES string of the molecule is CCCCc1c(F)cccc1CO[C@@H]1[C@H]2OC(C(C)C)O[C@H]2O[C@@H]1[C@@H](C)OC(=O)CCl. The predicted octanol–water partition coefficient (Wildman–Crippen LogP) is 4.35. The maximum Gasteiger partial charge on any atom is 0.321 e. The van der Waals surface area contributed by atoms with Crippen LogP contribution in [0.25, 0.3) is 0 Å². The number of rotatable bonds is 10. The van der Waals surface area contributed by atoms with E-state index in [0.29, 0.717) is 12.0 Å². The van der Waals surface area contributed by atoms with Crippen molar-refractivity contribution in [2.45, 2.75) is 90.6 Å². The van der Waals surface area contributed by atoms with Gasteiger partial charge in [-0.3, -0.25) is 4.79 Å². The molecule has 0 aliphatic carbocycles. The van der Waals surface area contributed by atoms with Gasteiger partial charge in [-0.2, -0.15) is 0 Å². The number of carbonyl (C=O) groups excluding carboxylic acids is 1. The monoisotopic (exact) mass is 458 g/mol. The number of ether oxygens (including phenoxy) is 5. The number of alkyl halides is 1. The highest BCUT2D eigenvalue weighted by molar-refractivity contribution is 6.26. The quantitative estimate of drug-likeness (QED) is 0.384. The first kappa shape index (κ1) is 24.4. The van der Waals surface area contributed by atoms with Gasteiger partial charge < -0.3 is 23.7 Å². The van der Waals surface area contributed by atoms with Gasteiger partial charge in [0, 0.05) is 5.92 Å². The lowest BCUT2D eigenvalue weighted by Crippen LogP contribution is -2.42. The highest BCUT2D eigenvalue weighted by atomic mass is 35.5. The van der Waals surface area contributed by atoms with Gasteiger partial charge in [0.05, 0.1) is 6.61 Å². The molecule has 174 valence electrons. The normalized spacial score (nSPS) is 28.7. The van der Waals surface area contributed by atoms with Gasteiger partial charge in [-0.15, -0.1) is 11.6 Å². The van der Waals surface area contributed by atoms with Crippen molar-refractivity contribution in [1.29, 1.82) is 0 Å². The van der Waals surface area contributed by atoms with Crippen LogP contribution in [0.15, 0.2) is 18.2 Å². The molecule has 6 nitrogen and oxygen atoms in total. The van der Waals surface area contributed by atoms with Gasteiger partial charge in [0.25, 0.3) is 0 Å². The van der Waals surface area contributed by atoms with Gasteiger partial charge >= 0.3 is 5.97 Å². The zero-order valence-corrected chi connectivity index (χ0v) is 19.3. The van der Waals surface area contributed by atoms with E-state index in [1.165, 1.54) is 6.07 Å². The highest BCUT2D eigenvalue weighted by Gasteiger charge is 2.55. The number of halogens is 2. The molecule has 1 aromatic rings. The van der Waals surface area contributed by atoms with Crippen molar-refractivity contribution in [3.05, 3.63) is 35.1 Å². The first-order valence-corrected chi connectivity index (χ1v) is 11.5. The highest BCUT2D eigenvalue weighted by Crippen LogP contribution is 2.38. The first-order chi connectivity index (χ1) is 14.8. The fourth-order valence-corrected chi connectivity index (χ4v) is 4.03. The van der Waals surface area contributed by atoms with E-state index in [0.717, 1.165) is 18.4 Å². The molecule has 1 unspecified atom stereocenters. The Kier molecular flexibility index (Phi) is 8.70. The van der Waals surface area contributed by atoms with Crippen molar-refractivity contribution in [1.82, 2.24) is 0 Å². The van der Waals surface area contributed by atoms with Gasteiger partial charge in [-0.25, -0.2) is 4.39 Å². The first-order valence-electron chi connectivity index (χ1n) is 10.9. The molecule has 0 amide bonds. The molecule has 0 radical (unpaired) electrons. The molecule has 2 aliphatic rings. The van der Waals surface area contributed by atoms with E-state index in [1.54, 1.807) is 13.0 Å². The Morgan fingerprint density at radius 3 is 2.68 bits per heavy atom. The molecule has 2 aliphatic heterocycles. The molecule has 1 aromatic carbocycles. The molecule has 0 bridgehead atoms. The maximum absolute atomic E-state index is 14.4. The van der Waals surface area contributed by atoms with Gasteiger partial charge in [-0.05, 0) is 37.0 Å². The van der Waals surface area contributed by atoms with E-state index in [2.05, 4.69) is 6.92 Å². The van der Waals surface area contributed by atoms with E-state index in [1.807, 2.05) is 19.9 Å². The van der Waals surface area contributed by atoms with Crippen LogP contribution in [-0.2, 0) is 41.5 Å². The summed E-state index contributed by atoms with van der Waals surface area (Å²) in [6.07, 6.45) is -0.729. The molecule has 8 heteroatoms. The molecule has 3 rings (SSSR count). The molecule has 2 heterocycles. The standard InChI is InChI=1S/C23H32ClFO6/c1-5-6-9-16-15(8-7-10-17(16)25)12-27-20-19(14(4)28-18(26)11-24)29-23-21(20)30-22(31-23)13(2)3/h7-8,10,13-14,19-23H,5-6,9,11-12H2,1-4H3/t14-,19-,20+,21-,22?,23-/m1/s1. The molecule has 0 N–H and O–H groups in total. The molecule has 0 saturated carbocycles. The minimum Gasteiger partial charge on any atom is -0.459 e. The second kappa shape index (κ2) is 11.1. The summed E-state index contributed by atoms with van der Waals surface area (Å²) in [5.41, 5.74) is 1.46. The van der Waals surface area contributed by atoms with Crippen molar-refractivity contribution < 1.29 is 32.9 Å². The molecule has 2 fully saturated rings. The Morgan fingerprint density at radius 1 is 1.23 bits per heavy atom. The average molecular weight is 459 g/mol. The second-order valence-corrected chi connectivity index (χ2v) is 8.67. The van der Waals surface area contributed by atoms with Crippen LogP contribution in [0.4, 0.5) is 4.39 Å². The Hall–Kier alpha value is -1.25. The van der Waals surface area contributed by atoms with E-state index in [4.69, 9.17) is 35.3 Å². The van der Waals surface area contributed by atoms with Crippen molar-refractivity contribution >= 4 is 17.6 Å². The van der Waals surface area contributed by atoms with Crippen molar-refractivity contribution in [2.75, 3.05) is 5.88 Å². The Morgan fingerprint density at radius 2 is 2.00 bits per heavy atom. The van der Waals surface area contributed by atoms with Crippen LogP contribution in [-0.4, -0.2) is 48.8 Å². The predicted molar refractivity (Wildman–Crippen MR) is 113 cm³/mol. The third-order valence-corrected chi connectivity index (χ3v) is 5.85. The number of fused-ring (bicyclic) bond motifs is 1. The minimum absolute atomic E-state index is 0.142. The topological polar surface area (TPSA) is 63.2 Å². The Bertz CT molecular complexity index is 745. The van der Waals surface area contributed by atoms with Gasteiger partial charge in [0.15, 0.2) is 12.6 Å². The lowest BCUT2D eigenvalue weighted by atomic mass is 10.0. The molecular weight excluding hydrogens is 427 g/mol. The minimum atomic E-state index is -0.619. The molecule has 0 spiro atoms. The number of unbranched alkanes of at least 4 members (excludes halogenated alkanes) is 1. The third-order valence-electron chi connectivity index (χ3n) is 5.63. The van der Waals surface area contributed by atoms with Crippen LogP contribution < -0.4 is 0 Å². The van der Waals surface area contributed by atoms with Gasteiger partial charge in [0.1, 0.15) is 36.1 Å². The van der Waals surface area contributed by atoms with Gasteiger partial charge in [0.2, 0.25) is 0 Å². The lowest BCUT2D eigenvalue weighted by Gasteiger charge is -2.28. The zero-order valence-electron chi connectivity index (χ0n) is 18.5. The second-order valence-electron chi connectivity index (χ2n) is 8.40. The van der Waals surface area contributed by atoms with Crippen LogP contribution >= 0.6 is 11.6 Å². The van der Waals surface area contributed by atoms with Crippen LogP contribution in [0.2, 0.25) is 0 Å². The molecule has 2 saturated heterocycles. The largest absolute Gasteiger partial charge is 0.459 e. The lowest BCUT2D eigenvalue weighted by molar-refractivity contribution is -0.207. The number of hydrogen-bond acceptors (Lipinski definition) is 6. The van der Waals surface area contributed by atoms with Crippen LogP contribution in [0.3, 0.4) is 0 Å². The molecule has 0 aromatic heterocycles. The van der Waals surface area contributed by atoms with E-state index >= 15 is 0 Å². The van der Waals surface area contributed by atoms with Crippen molar-refractivity contribution in [3.63, 3.8) is 0 Å². The zero-order chi connectivity index (χ0) is 22.5. The van der Waals surface area contributed by atoms with Crippen molar-refractivity contribution in [2.24, 2.45) is 5.92 Å². The van der Waals surface area contributed by atoms with E-state index in [-0.39, 0.29) is 24.2 Å². The fraction of sp³-hybridized carbons (Fsp3) is 0.696. The van der Waals surface area contributed by atoms with E-state index in [9.17, 15) is 9.18 Å². The van der Waals surface area contributed by atoms with Crippen LogP contribution in [0.5, 0.6) is 0 Å². The third kappa shape index (κ3) is 5.76. The summed E-state index contributed by atoms with van der Waals surface area (Å²) in [6.45, 7) is 7.98. The average Bonchev–Trinajstić information content (AvgIpc) is 3.30. The Balaban J connectivity index is 1.76. The molecule has 6 atom stereocenters. The Labute approximate surface area is 188 Å². The summed E-state index contributed by atoms with van der Waals surface area (Å²) in [4.78, 5) is 11.7. The number of carbonyl (C=O) groups is 1. The van der Waals surface area contributed by atoms with Gasteiger partial charge in [-0.1, -0.05) is 39.3 Å². The molecule has 31 heavy (non-hydrogen) atoms. The smallest absolute Gasteiger partial charge is 0.321 e. The van der Waals surface area contributed by atoms with Crippen LogP contribution in [0, 0.1) is 11.7 Å². The molecular formula is C23H32ClFO6. The summed E-state index contributed by atoms with van der Waals surface area (Å²) < 4.78 is 44.0. The number of esters is 1.